The van der Waals surface area contributed by atoms with Crippen LogP contribution in [0.2, 0.25) is 0 Å². The highest BCUT2D eigenvalue weighted by Gasteiger charge is 2.44. The first-order valence-electron chi connectivity index (χ1n) is 8.46. The molecule has 0 fully saturated rings. The fourth-order valence-corrected chi connectivity index (χ4v) is 3.13. The fourth-order valence-electron chi connectivity index (χ4n) is 3.13. The molecule has 1 unspecified atom stereocenters. The van der Waals surface area contributed by atoms with Crippen LogP contribution in [0, 0.1) is 17.6 Å². The molecule has 0 saturated carbocycles. The number of Topliss-reactive ketones (excluding diaryl/α,β-unsaturated/α-hetero) is 1. The van der Waals surface area contributed by atoms with Crippen LogP contribution in [-0.2, 0) is 9.59 Å². The van der Waals surface area contributed by atoms with Gasteiger partial charge in [0.1, 0.15) is 0 Å². The van der Waals surface area contributed by atoms with Crippen LogP contribution in [0.25, 0.3) is 0 Å². The summed E-state index contributed by atoms with van der Waals surface area (Å²) in [6, 6.07) is 5.25. The molecule has 0 spiro atoms. The van der Waals surface area contributed by atoms with Gasteiger partial charge in [0.05, 0.1) is 11.6 Å². The lowest BCUT2D eigenvalue weighted by Gasteiger charge is -2.27. The standard InChI is InChI=1S/C20H18F2N2O3/c1-11(2)9-16(25)17-18(12-5-7-23-8-6-12)24(20(27)19(17)26)13-3-4-14(21)15(22)10-13/h3-8,10-11,18,26H,9H2,1-2H3. The number of pyridine rings is 1. The van der Waals surface area contributed by atoms with E-state index in [4.69, 9.17) is 0 Å². The van der Waals surface area contributed by atoms with E-state index in [1.807, 2.05) is 13.8 Å². The molecular formula is C20H18F2N2O3. The Bertz CT molecular complexity index is 926. The van der Waals surface area contributed by atoms with E-state index in [0.717, 1.165) is 17.0 Å². The van der Waals surface area contributed by atoms with Gasteiger partial charge in [0, 0.05) is 30.6 Å². The first kappa shape index (κ1) is 18.7. The van der Waals surface area contributed by atoms with Crippen LogP contribution in [0.5, 0.6) is 0 Å². The smallest absolute Gasteiger partial charge is 0.294 e. The molecule has 0 bridgehead atoms. The molecule has 0 saturated heterocycles. The van der Waals surface area contributed by atoms with Gasteiger partial charge in [-0.3, -0.25) is 19.5 Å². The molecule has 1 aliphatic rings. The number of aliphatic hydroxyl groups is 1. The number of aromatic nitrogens is 1. The second-order valence-electron chi connectivity index (χ2n) is 6.74. The number of nitrogens with zero attached hydrogens (tertiary/aromatic N) is 2. The zero-order valence-corrected chi connectivity index (χ0v) is 14.8. The van der Waals surface area contributed by atoms with Crippen LogP contribution in [0.1, 0.15) is 31.9 Å². The van der Waals surface area contributed by atoms with Crippen molar-refractivity contribution in [3.05, 3.63) is 71.3 Å². The Kier molecular flexibility index (Phi) is 5.03. The highest BCUT2D eigenvalue weighted by Crippen LogP contribution is 2.41. The number of benzene rings is 1. The lowest BCUT2D eigenvalue weighted by atomic mass is 9.92. The van der Waals surface area contributed by atoms with Gasteiger partial charge in [-0.05, 0) is 35.7 Å². The van der Waals surface area contributed by atoms with Crippen LogP contribution in [0.3, 0.4) is 0 Å². The zero-order chi connectivity index (χ0) is 19.7. The quantitative estimate of drug-likeness (QED) is 0.865. The third-order valence-electron chi connectivity index (χ3n) is 4.31. The van der Waals surface area contributed by atoms with Crippen LogP contribution < -0.4 is 4.90 Å². The molecule has 5 nitrogen and oxygen atoms in total. The summed E-state index contributed by atoms with van der Waals surface area (Å²) in [5.41, 5.74) is 0.517. The summed E-state index contributed by atoms with van der Waals surface area (Å²) >= 11 is 0. The molecule has 2 heterocycles. The van der Waals surface area contributed by atoms with E-state index in [2.05, 4.69) is 4.98 Å². The second-order valence-corrected chi connectivity index (χ2v) is 6.74. The Labute approximate surface area is 155 Å². The summed E-state index contributed by atoms with van der Waals surface area (Å²) < 4.78 is 27.1. The molecule has 1 aromatic carbocycles. The van der Waals surface area contributed by atoms with Gasteiger partial charge in [0.15, 0.2) is 23.2 Å². The number of rotatable bonds is 5. The SMILES string of the molecule is CC(C)CC(=O)C1=C(O)C(=O)N(c2ccc(F)c(F)c2)C1c1ccncc1. The minimum Gasteiger partial charge on any atom is -0.503 e. The molecule has 1 aromatic heterocycles. The van der Waals surface area contributed by atoms with Crippen molar-refractivity contribution in [2.75, 3.05) is 4.90 Å². The van der Waals surface area contributed by atoms with Crippen LogP contribution >= 0.6 is 0 Å². The molecule has 140 valence electrons. The van der Waals surface area contributed by atoms with Gasteiger partial charge in [-0.1, -0.05) is 13.8 Å². The van der Waals surface area contributed by atoms with Crippen molar-refractivity contribution >= 4 is 17.4 Å². The predicted molar refractivity (Wildman–Crippen MR) is 94.9 cm³/mol. The lowest BCUT2D eigenvalue weighted by Crippen LogP contribution is -2.31. The fraction of sp³-hybridized carbons (Fsp3) is 0.250. The summed E-state index contributed by atoms with van der Waals surface area (Å²) in [5, 5.41) is 10.4. The molecule has 1 amide bonds. The molecule has 3 rings (SSSR count). The molecule has 27 heavy (non-hydrogen) atoms. The average molecular weight is 372 g/mol. The second kappa shape index (κ2) is 7.26. The number of aliphatic hydroxyl groups excluding tert-OH is 1. The van der Waals surface area contributed by atoms with E-state index < -0.39 is 29.3 Å². The molecule has 0 aliphatic carbocycles. The van der Waals surface area contributed by atoms with Crippen molar-refractivity contribution in [3.63, 3.8) is 0 Å². The molecule has 1 N–H and O–H groups in total. The first-order valence-corrected chi connectivity index (χ1v) is 8.46. The van der Waals surface area contributed by atoms with E-state index >= 15 is 0 Å². The van der Waals surface area contributed by atoms with E-state index in [-0.39, 0.29) is 29.4 Å². The Morgan fingerprint density at radius 1 is 1.19 bits per heavy atom. The first-order chi connectivity index (χ1) is 12.8. The number of carbonyl (C=O) groups excluding carboxylic acids is 2. The number of carbonyl (C=O) groups is 2. The minimum absolute atomic E-state index is 0.0170. The maximum atomic E-state index is 13.7. The van der Waals surface area contributed by atoms with Gasteiger partial charge < -0.3 is 5.11 Å². The Hall–Kier alpha value is -3.09. The molecule has 2 aromatic rings. The summed E-state index contributed by atoms with van der Waals surface area (Å²) in [6.07, 6.45) is 3.12. The van der Waals surface area contributed by atoms with Gasteiger partial charge in [0.2, 0.25) is 0 Å². The molecule has 1 aliphatic heterocycles. The molecular weight excluding hydrogens is 354 g/mol. The van der Waals surface area contributed by atoms with Crippen LogP contribution in [-0.4, -0.2) is 21.8 Å². The highest BCUT2D eigenvalue weighted by molar-refractivity contribution is 6.16. The Balaban J connectivity index is 2.14. The number of anilines is 1. The van der Waals surface area contributed by atoms with Crippen LogP contribution in [0.15, 0.2) is 54.1 Å². The van der Waals surface area contributed by atoms with E-state index in [1.54, 1.807) is 12.1 Å². The largest absolute Gasteiger partial charge is 0.503 e. The summed E-state index contributed by atoms with van der Waals surface area (Å²) in [5.74, 6) is -4.05. The molecule has 7 heteroatoms. The summed E-state index contributed by atoms with van der Waals surface area (Å²) in [6.45, 7) is 3.70. The van der Waals surface area contributed by atoms with Crippen molar-refractivity contribution in [1.82, 2.24) is 4.98 Å². The van der Waals surface area contributed by atoms with Crippen molar-refractivity contribution < 1.29 is 23.5 Å². The third-order valence-corrected chi connectivity index (χ3v) is 4.31. The van der Waals surface area contributed by atoms with Gasteiger partial charge in [-0.2, -0.15) is 0 Å². The van der Waals surface area contributed by atoms with Gasteiger partial charge >= 0.3 is 0 Å². The summed E-state index contributed by atoms with van der Waals surface area (Å²) in [7, 11) is 0. The van der Waals surface area contributed by atoms with E-state index in [0.29, 0.717) is 5.56 Å². The normalized spacial score (nSPS) is 17.1. The highest BCUT2D eigenvalue weighted by atomic mass is 19.2. The molecule has 0 radical (unpaired) electrons. The number of ketones is 1. The minimum atomic E-state index is -1.13. The van der Waals surface area contributed by atoms with E-state index in [1.165, 1.54) is 18.5 Å². The van der Waals surface area contributed by atoms with E-state index in [9.17, 15) is 23.5 Å². The zero-order valence-electron chi connectivity index (χ0n) is 14.8. The number of hydrogen-bond donors (Lipinski definition) is 1. The monoisotopic (exact) mass is 372 g/mol. The average Bonchev–Trinajstić information content (AvgIpc) is 2.89. The maximum absolute atomic E-state index is 13.7. The number of halogens is 2. The van der Waals surface area contributed by atoms with Crippen LogP contribution in [0.4, 0.5) is 14.5 Å². The van der Waals surface area contributed by atoms with Gasteiger partial charge in [0.25, 0.3) is 5.91 Å². The molecule has 1 atom stereocenters. The maximum Gasteiger partial charge on any atom is 0.294 e. The topological polar surface area (TPSA) is 70.5 Å². The number of amides is 1. The number of hydrogen-bond acceptors (Lipinski definition) is 4. The Morgan fingerprint density at radius 3 is 2.44 bits per heavy atom. The summed E-state index contributed by atoms with van der Waals surface area (Å²) in [4.78, 5) is 30.5. The van der Waals surface area contributed by atoms with Crippen molar-refractivity contribution in [3.8, 4) is 0 Å². The Morgan fingerprint density at radius 2 is 1.85 bits per heavy atom. The predicted octanol–water partition coefficient (Wildman–Crippen LogP) is 3.88. The third kappa shape index (κ3) is 3.45. The van der Waals surface area contributed by atoms with Crippen molar-refractivity contribution in [2.24, 2.45) is 5.92 Å². The van der Waals surface area contributed by atoms with Gasteiger partial charge in [-0.15, -0.1) is 0 Å². The van der Waals surface area contributed by atoms with Gasteiger partial charge in [-0.25, -0.2) is 8.78 Å². The van der Waals surface area contributed by atoms with Crippen molar-refractivity contribution in [1.29, 1.82) is 0 Å². The van der Waals surface area contributed by atoms with Crippen molar-refractivity contribution in [2.45, 2.75) is 26.3 Å². The lowest BCUT2D eigenvalue weighted by molar-refractivity contribution is -0.118.